The fourth-order valence-electron chi connectivity index (χ4n) is 2.74. The predicted molar refractivity (Wildman–Crippen MR) is 102 cm³/mol. The molecule has 1 aromatic heterocycles. The molecule has 1 fully saturated rings. The van der Waals surface area contributed by atoms with Gasteiger partial charge >= 0.3 is 0 Å². The summed E-state index contributed by atoms with van der Waals surface area (Å²) in [6.07, 6.45) is 2.99. The van der Waals surface area contributed by atoms with E-state index in [0.717, 1.165) is 30.9 Å². The van der Waals surface area contributed by atoms with Crippen LogP contribution in [-0.2, 0) is 6.54 Å². The van der Waals surface area contributed by atoms with Crippen LogP contribution in [0.15, 0.2) is 42.6 Å². The van der Waals surface area contributed by atoms with Gasteiger partial charge in [-0.15, -0.1) is 24.8 Å². The van der Waals surface area contributed by atoms with Crippen molar-refractivity contribution in [3.05, 3.63) is 54.0 Å². The molecule has 0 aliphatic carbocycles. The van der Waals surface area contributed by atoms with Gasteiger partial charge in [-0.3, -0.25) is 0 Å². The Bertz CT molecular complexity index is 624. The Hall–Kier alpha value is -1.56. The number of nitrogens with one attached hydrogen (secondary N) is 2. The molecule has 0 amide bonds. The van der Waals surface area contributed by atoms with Gasteiger partial charge in [0.05, 0.1) is 0 Å². The first-order valence-corrected chi connectivity index (χ1v) is 7.61. The van der Waals surface area contributed by atoms with E-state index >= 15 is 0 Å². The van der Waals surface area contributed by atoms with Crippen LogP contribution in [0.1, 0.15) is 12.0 Å². The molecule has 1 aliphatic heterocycles. The van der Waals surface area contributed by atoms with E-state index < -0.39 is 0 Å². The van der Waals surface area contributed by atoms with Gasteiger partial charge in [-0.05, 0) is 37.2 Å². The van der Waals surface area contributed by atoms with Crippen molar-refractivity contribution in [3.8, 4) is 0 Å². The van der Waals surface area contributed by atoms with Crippen molar-refractivity contribution in [2.45, 2.75) is 19.0 Å². The molecule has 1 atom stereocenters. The second-order valence-corrected chi connectivity index (χ2v) is 5.60. The van der Waals surface area contributed by atoms with Crippen LogP contribution in [0.5, 0.6) is 0 Å². The van der Waals surface area contributed by atoms with Crippen LogP contribution in [0, 0.1) is 5.82 Å². The minimum absolute atomic E-state index is 0. The first kappa shape index (κ1) is 20.5. The second-order valence-electron chi connectivity index (χ2n) is 5.60. The first-order chi connectivity index (χ1) is 10.7. The lowest BCUT2D eigenvalue weighted by molar-refractivity contribution is 0.617. The third kappa shape index (κ3) is 5.23. The van der Waals surface area contributed by atoms with Crippen LogP contribution in [-0.4, -0.2) is 31.2 Å². The number of anilines is 2. The monoisotopic (exact) mass is 372 g/mol. The molecular weight excluding hydrogens is 350 g/mol. The van der Waals surface area contributed by atoms with Crippen molar-refractivity contribution in [1.82, 2.24) is 10.3 Å². The minimum Gasteiger partial charge on any atom is -0.370 e. The summed E-state index contributed by atoms with van der Waals surface area (Å²) in [5, 5.41) is 6.62. The molecule has 0 saturated carbocycles. The zero-order valence-corrected chi connectivity index (χ0v) is 15.2. The predicted octanol–water partition coefficient (Wildman–Crippen LogP) is 3.47. The average molecular weight is 373 g/mol. The fraction of sp³-hybridized carbons (Fsp3) is 0.353. The SMILES string of the molecule is CN[C@@H]1CCN(c2ccnc(NCc3ccc(F)cc3)c2)C1.Cl.Cl. The third-order valence-corrected chi connectivity index (χ3v) is 4.09. The second kappa shape index (κ2) is 9.67. The quantitative estimate of drug-likeness (QED) is 0.842. The van der Waals surface area contributed by atoms with Crippen molar-refractivity contribution in [2.24, 2.45) is 0 Å². The molecule has 1 saturated heterocycles. The highest BCUT2D eigenvalue weighted by Crippen LogP contribution is 2.22. The molecule has 2 N–H and O–H groups in total. The summed E-state index contributed by atoms with van der Waals surface area (Å²) >= 11 is 0. The highest BCUT2D eigenvalue weighted by molar-refractivity contribution is 5.85. The smallest absolute Gasteiger partial charge is 0.128 e. The molecule has 132 valence electrons. The van der Waals surface area contributed by atoms with Crippen LogP contribution >= 0.6 is 24.8 Å². The van der Waals surface area contributed by atoms with Gasteiger partial charge in [0.25, 0.3) is 0 Å². The molecule has 0 unspecified atom stereocenters. The van der Waals surface area contributed by atoms with E-state index in [1.54, 1.807) is 12.1 Å². The van der Waals surface area contributed by atoms with Crippen molar-refractivity contribution >= 4 is 36.3 Å². The maximum atomic E-state index is 12.9. The van der Waals surface area contributed by atoms with E-state index in [1.165, 1.54) is 17.8 Å². The zero-order valence-electron chi connectivity index (χ0n) is 13.5. The van der Waals surface area contributed by atoms with E-state index in [1.807, 2.05) is 19.3 Å². The fourth-order valence-corrected chi connectivity index (χ4v) is 2.74. The zero-order chi connectivity index (χ0) is 15.4. The maximum Gasteiger partial charge on any atom is 0.128 e. The standard InChI is InChI=1S/C17H21FN4.2ClH/c1-19-15-7-9-22(12-15)16-6-8-20-17(10-16)21-11-13-2-4-14(18)5-3-13;;/h2-6,8,10,15,19H,7,9,11-12H2,1H3,(H,20,21);2*1H/t15-;;/m1../s1. The molecule has 3 rings (SSSR count). The lowest BCUT2D eigenvalue weighted by atomic mass is 10.2. The Morgan fingerprint density at radius 2 is 1.96 bits per heavy atom. The topological polar surface area (TPSA) is 40.2 Å². The Kier molecular flexibility index (Phi) is 8.25. The summed E-state index contributed by atoms with van der Waals surface area (Å²) in [6.45, 7) is 2.72. The van der Waals surface area contributed by atoms with Gasteiger partial charge in [-0.25, -0.2) is 9.37 Å². The average Bonchev–Trinajstić information content (AvgIpc) is 3.04. The van der Waals surface area contributed by atoms with Crippen molar-refractivity contribution in [3.63, 3.8) is 0 Å². The number of aromatic nitrogens is 1. The lowest BCUT2D eigenvalue weighted by Crippen LogP contribution is -2.29. The Labute approximate surface area is 154 Å². The van der Waals surface area contributed by atoms with E-state index in [9.17, 15) is 4.39 Å². The van der Waals surface area contributed by atoms with E-state index in [0.29, 0.717) is 12.6 Å². The van der Waals surface area contributed by atoms with Crippen LogP contribution < -0.4 is 15.5 Å². The molecule has 2 aromatic rings. The third-order valence-electron chi connectivity index (χ3n) is 4.09. The normalized spacial score (nSPS) is 16.2. The van der Waals surface area contributed by atoms with E-state index in [2.05, 4.69) is 26.6 Å². The van der Waals surface area contributed by atoms with Gasteiger partial charge in [0.15, 0.2) is 0 Å². The number of hydrogen-bond acceptors (Lipinski definition) is 4. The van der Waals surface area contributed by atoms with Crippen molar-refractivity contribution in [2.75, 3.05) is 30.4 Å². The molecule has 7 heteroatoms. The minimum atomic E-state index is -0.211. The molecule has 0 spiro atoms. The molecule has 2 heterocycles. The van der Waals surface area contributed by atoms with E-state index in [4.69, 9.17) is 0 Å². The maximum absolute atomic E-state index is 12.9. The van der Waals surface area contributed by atoms with Gasteiger partial charge in [-0.1, -0.05) is 12.1 Å². The van der Waals surface area contributed by atoms with Gasteiger partial charge in [0.1, 0.15) is 11.6 Å². The van der Waals surface area contributed by atoms with Crippen molar-refractivity contribution in [1.29, 1.82) is 0 Å². The van der Waals surface area contributed by atoms with Crippen LogP contribution in [0.2, 0.25) is 0 Å². The summed E-state index contributed by atoms with van der Waals surface area (Å²) in [6, 6.07) is 11.2. The molecule has 1 aromatic carbocycles. The number of nitrogens with zero attached hydrogens (tertiary/aromatic N) is 2. The summed E-state index contributed by atoms with van der Waals surface area (Å²) in [5.41, 5.74) is 2.22. The van der Waals surface area contributed by atoms with Gasteiger partial charge < -0.3 is 15.5 Å². The van der Waals surface area contributed by atoms with Gasteiger partial charge in [0.2, 0.25) is 0 Å². The summed E-state index contributed by atoms with van der Waals surface area (Å²) in [4.78, 5) is 6.72. The van der Waals surface area contributed by atoms with Crippen LogP contribution in [0.3, 0.4) is 0 Å². The number of halogens is 3. The highest BCUT2D eigenvalue weighted by Gasteiger charge is 2.21. The Morgan fingerprint density at radius 1 is 1.21 bits per heavy atom. The number of pyridine rings is 1. The summed E-state index contributed by atoms with van der Waals surface area (Å²) < 4.78 is 12.9. The van der Waals surface area contributed by atoms with E-state index in [-0.39, 0.29) is 30.6 Å². The number of rotatable bonds is 5. The Balaban J connectivity index is 0.00000144. The number of hydrogen-bond donors (Lipinski definition) is 2. The van der Waals surface area contributed by atoms with Crippen LogP contribution in [0.4, 0.5) is 15.9 Å². The molecule has 4 nitrogen and oxygen atoms in total. The molecule has 0 bridgehead atoms. The first-order valence-electron chi connectivity index (χ1n) is 7.61. The Morgan fingerprint density at radius 3 is 2.62 bits per heavy atom. The summed E-state index contributed by atoms with van der Waals surface area (Å²) in [5.74, 6) is 0.631. The number of benzene rings is 1. The van der Waals surface area contributed by atoms with Crippen molar-refractivity contribution < 1.29 is 4.39 Å². The molecule has 1 aliphatic rings. The largest absolute Gasteiger partial charge is 0.370 e. The molecule has 0 radical (unpaired) electrons. The van der Waals surface area contributed by atoms with Gasteiger partial charge in [0, 0.05) is 43.6 Å². The molecular formula is C17H23Cl2FN4. The van der Waals surface area contributed by atoms with Gasteiger partial charge in [-0.2, -0.15) is 0 Å². The lowest BCUT2D eigenvalue weighted by Gasteiger charge is -2.19. The van der Waals surface area contributed by atoms with Crippen LogP contribution in [0.25, 0.3) is 0 Å². The summed E-state index contributed by atoms with van der Waals surface area (Å²) in [7, 11) is 2.01. The number of likely N-dealkylation sites (N-methyl/N-ethyl adjacent to an activating group) is 1. The molecule has 24 heavy (non-hydrogen) atoms. The highest BCUT2D eigenvalue weighted by atomic mass is 35.5.